The molecule has 18 heavy (non-hydrogen) atoms. The summed E-state index contributed by atoms with van der Waals surface area (Å²) in [5, 5.41) is 3.58. The zero-order chi connectivity index (χ0) is 12.2. The van der Waals surface area contributed by atoms with E-state index in [-0.39, 0.29) is 0 Å². The monoisotopic (exact) mass is 236 g/mol. The third kappa shape index (κ3) is 2.62. The van der Waals surface area contributed by atoms with E-state index >= 15 is 0 Å². The molecule has 0 aromatic heterocycles. The molecule has 0 aliphatic heterocycles. The first kappa shape index (κ1) is 11.5. The highest BCUT2D eigenvalue weighted by molar-refractivity contribution is 5.63. The van der Waals surface area contributed by atoms with E-state index in [4.69, 9.17) is 0 Å². The fourth-order valence-electron chi connectivity index (χ4n) is 2.29. The van der Waals surface area contributed by atoms with Crippen molar-refractivity contribution in [2.45, 2.75) is 31.8 Å². The molecule has 2 aromatic rings. The fraction of sp³-hybridized carbons (Fsp3) is 0.294. The van der Waals surface area contributed by atoms with Crippen molar-refractivity contribution >= 4 is 0 Å². The van der Waals surface area contributed by atoms with E-state index in [9.17, 15) is 0 Å². The SMILES string of the molecule is [c]1ccc(-c2ccccc2)cc1CNC1CCC1. The highest BCUT2D eigenvalue weighted by Crippen LogP contribution is 2.21. The van der Waals surface area contributed by atoms with Crippen molar-refractivity contribution in [3.05, 3.63) is 60.2 Å². The fourth-order valence-corrected chi connectivity index (χ4v) is 2.29. The predicted octanol–water partition coefficient (Wildman–Crippen LogP) is 3.80. The molecule has 1 N–H and O–H groups in total. The molecule has 1 saturated carbocycles. The second-order valence-corrected chi connectivity index (χ2v) is 4.98. The summed E-state index contributed by atoms with van der Waals surface area (Å²) in [7, 11) is 0. The summed E-state index contributed by atoms with van der Waals surface area (Å²) in [4.78, 5) is 0. The number of rotatable bonds is 4. The van der Waals surface area contributed by atoms with E-state index in [1.54, 1.807) is 0 Å². The molecule has 1 nitrogen and oxygen atoms in total. The van der Waals surface area contributed by atoms with Crippen molar-refractivity contribution in [1.29, 1.82) is 0 Å². The summed E-state index contributed by atoms with van der Waals surface area (Å²) in [6.45, 7) is 0.936. The lowest BCUT2D eigenvalue weighted by Gasteiger charge is -2.26. The Morgan fingerprint density at radius 3 is 2.61 bits per heavy atom. The molecule has 1 aliphatic carbocycles. The third-order valence-electron chi connectivity index (χ3n) is 3.65. The van der Waals surface area contributed by atoms with Crippen molar-refractivity contribution in [2.24, 2.45) is 0 Å². The van der Waals surface area contributed by atoms with Gasteiger partial charge in [-0.25, -0.2) is 0 Å². The van der Waals surface area contributed by atoms with Crippen LogP contribution < -0.4 is 5.32 Å². The number of hydrogen-bond donors (Lipinski definition) is 1. The lowest BCUT2D eigenvalue weighted by Crippen LogP contribution is -2.34. The summed E-state index contributed by atoms with van der Waals surface area (Å²) < 4.78 is 0. The minimum Gasteiger partial charge on any atom is -0.310 e. The quantitative estimate of drug-likeness (QED) is 0.851. The van der Waals surface area contributed by atoms with Gasteiger partial charge in [0.15, 0.2) is 0 Å². The van der Waals surface area contributed by atoms with E-state index in [1.165, 1.54) is 36.0 Å². The van der Waals surface area contributed by atoms with Crippen molar-refractivity contribution < 1.29 is 0 Å². The van der Waals surface area contributed by atoms with Gasteiger partial charge < -0.3 is 5.32 Å². The minimum absolute atomic E-state index is 0.735. The largest absolute Gasteiger partial charge is 0.310 e. The van der Waals surface area contributed by atoms with Gasteiger partial charge in [0, 0.05) is 12.6 Å². The van der Waals surface area contributed by atoms with Crippen LogP contribution in [0.5, 0.6) is 0 Å². The molecular formula is C17H18N. The molecule has 1 fully saturated rings. The Morgan fingerprint density at radius 1 is 1.06 bits per heavy atom. The lowest BCUT2D eigenvalue weighted by molar-refractivity contribution is 0.338. The van der Waals surface area contributed by atoms with Crippen molar-refractivity contribution in [3.8, 4) is 11.1 Å². The van der Waals surface area contributed by atoms with Crippen LogP contribution in [0, 0.1) is 6.07 Å². The highest BCUT2D eigenvalue weighted by Gasteiger charge is 2.15. The number of benzene rings is 2. The molecule has 3 rings (SSSR count). The van der Waals surface area contributed by atoms with Gasteiger partial charge >= 0.3 is 0 Å². The number of nitrogens with one attached hydrogen (secondary N) is 1. The first-order chi connectivity index (χ1) is 8.92. The van der Waals surface area contributed by atoms with Crippen LogP contribution in [0.15, 0.2) is 48.5 Å². The predicted molar refractivity (Wildman–Crippen MR) is 75.2 cm³/mol. The molecule has 2 aromatic carbocycles. The van der Waals surface area contributed by atoms with Crippen LogP contribution in [0.4, 0.5) is 0 Å². The summed E-state index contributed by atoms with van der Waals surface area (Å²) >= 11 is 0. The van der Waals surface area contributed by atoms with Crippen LogP contribution in [-0.4, -0.2) is 6.04 Å². The van der Waals surface area contributed by atoms with E-state index in [1.807, 2.05) is 6.07 Å². The molecule has 1 radical (unpaired) electrons. The molecular weight excluding hydrogens is 218 g/mol. The first-order valence-electron chi connectivity index (χ1n) is 6.71. The summed E-state index contributed by atoms with van der Waals surface area (Å²) in [6.07, 6.45) is 4.04. The third-order valence-corrected chi connectivity index (χ3v) is 3.65. The van der Waals surface area contributed by atoms with Crippen LogP contribution in [0.2, 0.25) is 0 Å². The number of hydrogen-bond acceptors (Lipinski definition) is 1. The molecule has 1 heteroatoms. The van der Waals surface area contributed by atoms with Crippen molar-refractivity contribution in [1.82, 2.24) is 5.32 Å². The van der Waals surface area contributed by atoms with E-state index in [0.29, 0.717) is 0 Å². The minimum atomic E-state index is 0.735. The molecule has 0 bridgehead atoms. The maximum atomic E-state index is 3.58. The Hall–Kier alpha value is -1.60. The Morgan fingerprint density at radius 2 is 1.89 bits per heavy atom. The van der Waals surface area contributed by atoms with Crippen LogP contribution in [-0.2, 0) is 6.54 Å². The molecule has 0 unspecified atom stereocenters. The van der Waals surface area contributed by atoms with E-state index in [0.717, 1.165) is 12.6 Å². The Labute approximate surface area is 109 Å². The maximum Gasteiger partial charge on any atom is 0.0214 e. The highest BCUT2D eigenvalue weighted by atomic mass is 14.9. The average molecular weight is 236 g/mol. The van der Waals surface area contributed by atoms with E-state index in [2.05, 4.69) is 53.8 Å². The van der Waals surface area contributed by atoms with Gasteiger partial charge in [-0.15, -0.1) is 0 Å². The van der Waals surface area contributed by atoms with Crippen molar-refractivity contribution in [3.63, 3.8) is 0 Å². The van der Waals surface area contributed by atoms with Gasteiger partial charge in [0.1, 0.15) is 0 Å². The van der Waals surface area contributed by atoms with Gasteiger partial charge in [-0.05, 0) is 41.7 Å². The maximum absolute atomic E-state index is 3.58. The topological polar surface area (TPSA) is 12.0 Å². The van der Waals surface area contributed by atoms with Gasteiger partial charge in [-0.3, -0.25) is 0 Å². The normalized spacial score (nSPS) is 15.3. The standard InChI is InChI=1S/C17H18N/c1-2-7-15(8-3-1)16-9-4-6-14(12-16)13-18-17-10-5-11-17/h1-4,7-9,12,17-18H,5,10-11,13H2. The smallest absolute Gasteiger partial charge is 0.0214 e. The molecule has 0 spiro atoms. The van der Waals surface area contributed by atoms with Gasteiger partial charge in [0.2, 0.25) is 0 Å². The van der Waals surface area contributed by atoms with Gasteiger partial charge in [0.25, 0.3) is 0 Å². The summed E-state index contributed by atoms with van der Waals surface area (Å²) in [5.74, 6) is 0. The molecule has 0 amide bonds. The molecule has 1 aliphatic rings. The second kappa shape index (κ2) is 5.36. The molecule has 0 heterocycles. The second-order valence-electron chi connectivity index (χ2n) is 4.98. The summed E-state index contributed by atoms with van der Waals surface area (Å²) in [6, 6.07) is 21.0. The van der Waals surface area contributed by atoms with Crippen LogP contribution in [0.3, 0.4) is 0 Å². The van der Waals surface area contributed by atoms with Gasteiger partial charge in [-0.2, -0.15) is 0 Å². The molecule has 0 saturated heterocycles. The molecule has 0 atom stereocenters. The zero-order valence-electron chi connectivity index (χ0n) is 10.5. The Balaban J connectivity index is 1.72. The first-order valence-corrected chi connectivity index (χ1v) is 6.71. The average Bonchev–Trinajstić information content (AvgIpc) is 2.38. The summed E-state index contributed by atoms with van der Waals surface area (Å²) in [5.41, 5.74) is 3.81. The van der Waals surface area contributed by atoms with Crippen molar-refractivity contribution in [2.75, 3.05) is 0 Å². The lowest BCUT2D eigenvalue weighted by atomic mass is 9.93. The van der Waals surface area contributed by atoms with Crippen LogP contribution in [0.1, 0.15) is 24.8 Å². The van der Waals surface area contributed by atoms with Crippen LogP contribution >= 0.6 is 0 Å². The molecule has 91 valence electrons. The zero-order valence-corrected chi connectivity index (χ0v) is 10.5. The van der Waals surface area contributed by atoms with E-state index < -0.39 is 0 Å². The van der Waals surface area contributed by atoms with Gasteiger partial charge in [-0.1, -0.05) is 48.9 Å². The van der Waals surface area contributed by atoms with Gasteiger partial charge in [0.05, 0.1) is 0 Å². The van der Waals surface area contributed by atoms with Crippen LogP contribution in [0.25, 0.3) is 11.1 Å². The Bertz CT molecular complexity index is 500. The Kier molecular flexibility index (Phi) is 3.42.